The Balaban J connectivity index is 1.80. The largest absolute Gasteiger partial charge is 0.457 e. The van der Waals surface area contributed by atoms with Crippen molar-refractivity contribution < 1.29 is 9.53 Å². The van der Waals surface area contributed by atoms with Crippen LogP contribution in [0.2, 0.25) is 0 Å². The van der Waals surface area contributed by atoms with Crippen LogP contribution in [0.25, 0.3) is 0 Å². The Morgan fingerprint density at radius 1 is 0.773 bits per heavy atom. The van der Waals surface area contributed by atoms with Gasteiger partial charge in [0.1, 0.15) is 11.5 Å². The van der Waals surface area contributed by atoms with E-state index < -0.39 is 0 Å². The first kappa shape index (κ1) is 12.8. The summed E-state index contributed by atoms with van der Waals surface area (Å²) >= 11 is 0. The lowest BCUT2D eigenvalue weighted by Gasteiger charge is -2.22. The highest BCUT2D eigenvalue weighted by atomic mass is 16.5. The van der Waals surface area contributed by atoms with Gasteiger partial charge in [-0.05, 0) is 17.7 Å². The molecule has 106 valence electrons. The van der Waals surface area contributed by atoms with Gasteiger partial charge < -0.3 is 4.74 Å². The number of benzene rings is 3. The third kappa shape index (κ3) is 2.09. The van der Waals surface area contributed by atoms with Crippen molar-refractivity contribution in [2.24, 2.45) is 0 Å². The van der Waals surface area contributed by atoms with Crippen LogP contribution in [0.3, 0.4) is 0 Å². The molecule has 0 bridgehead atoms. The summed E-state index contributed by atoms with van der Waals surface area (Å²) in [6, 6.07) is 23.0. The molecular formula is C20H14O2. The molecule has 0 unspecified atom stereocenters. The van der Waals surface area contributed by atoms with Crippen LogP contribution < -0.4 is 4.74 Å². The second-order valence-electron chi connectivity index (χ2n) is 5.36. The molecule has 2 heteroatoms. The zero-order valence-corrected chi connectivity index (χ0v) is 12.0. The molecule has 0 aliphatic carbocycles. The number of fused-ring (bicyclic) bond motifs is 2. The topological polar surface area (TPSA) is 26.3 Å². The Hall–Kier alpha value is -2.87. The van der Waals surface area contributed by atoms with Crippen molar-refractivity contribution in [3.05, 3.63) is 95.1 Å². The van der Waals surface area contributed by atoms with Crippen molar-refractivity contribution in [3.8, 4) is 11.5 Å². The first-order valence-corrected chi connectivity index (χ1v) is 7.30. The molecule has 1 aliphatic heterocycles. The third-order valence-electron chi connectivity index (χ3n) is 3.97. The molecule has 0 radical (unpaired) electrons. The Kier molecular flexibility index (Phi) is 3.01. The highest BCUT2D eigenvalue weighted by Gasteiger charge is 2.22. The van der Waals surface area contributed by atoms with Gasteiger partial charge in [0.15, 0.2) is 5.78 Å². The summed E-state index contributed by atoms with van der Waals surface area (Å²) in [5.41, 5.74) is 3.51. The van der Waals surface area contributed by atoms with Crippen molar-refractivity contribution in [1.29, 1.82) is 0 Å². The second-order valence-corrected chi connectivity index (χ2v) is 5.36. The van der Waals surface area contributed by atoms with E-state index in [4.69, 9.17) is 4.74 Å². The molecule has 0 atom stereocenters. The number of ketones is 1. The monoisotopic (exact) mass is 286 g/mol. The maximum atomic E-state index is 12.8. The Morgan fingerprint density at radius 2 is 1.50 bits per heavy atom. The lowest BCUT2D eigenvalue weighted by Crippen LogP contribution is -2.10. The molecule has 0 fully saturated rings. The maximum absolute atomic E-state index is 12.8. The number of ether oxygens (including phenoxy) is 1. The predicted octanol–water partition coefficient (Wildman–Crippen LogP) is 4.61. The molecule has 3 aromatic carbocycles. The Bertz CT molecular complexity index is 851. The number of hydrogen-bond acceptors (Lipinski definition) is 2. The van der Waals surface area contributed by atoms with Crippen LogP contribution >= 0.6 is 0 Å². The molecule has 0 saturated carbocycles. The van der Waals surface area contributed by atoms with Crippen molar-refractivity contribution in [1.82, 2.24) is 0 Å². The Morgan fingerprint density at radius 3 is 2.36 bits per heavy atom. The summed E-state index contributed by atoms with van der Waals surface area (Å²) in [4.78, 5) is 12.8. The SMILES string of the molecule is O=C(c1ccccc1)c1cccc2c1Cc1ccccc1O2. The maximum Gasteiger partial charge on any atom is 0.193 e. The average Bonchev–Trinajstić information content (AvgIpc) is 2.59. The van der Waals surface area contributed by atoms with Gasteiger partial charge in [-0.2, -0.15) is 0 Å². The molecule has 0 amide bonds. The zero-order chi connectivity index (χ0) is 14.9. The average molecular weight is 286 g/mol. The molecule has 3 aromatic rings. The van der Waals surface area contributed by atoms with Gasteiger partial charge in [-0.3, -0.25) is 4.79 Å². The zero-order valence-electron chi connectivity index (χ0n) is 12.0. The minimum absolute atomic E-state index is 0.0421. The molecule has 2 nitrogen and oxygen atoms in total. The van der Waals surface area contributed by atoms with Crippen molar-refractivity contribution >= 4 is 5.78 Å². The van der Waals surface area contributed by atoms with E-state index in [1.54, 1.807) is 0 Å². The smallest absolute Gasteiger partial charge is 0.193 e. The fourth-order valence-electron chi connectivity index (χ4n) is 2.86. The highest BCUT2D eigenvalue weighted by molar-refractivity contribution is 6.10. The van der Waals surface area contributed by atoms with E-state index in [9.17, 15) is 4.79 Å². The molecule has 0 N–H and O–H groups in total. The first-order chi connectivity index (χ1) is 10.8. The fraction of sp³-hybridized carbons (Fsp3) is 0.0500. The van der Waals surface area contributed by atoms with Crippen molar-refractivity contribution in [2.45, 2.75) is 6.42 Å². The standard InChI is InChI=1S/C20H14O2/c21-20(14-7-2-1-3-8-14)16-10-6-12-19-17(16)13-15-9-4-5-11-18(15)22-19/h1-12H,13H2. The highest BCUT2D eigenvalue weighted by Crippen LogP contribution is 2.38. The molecule has 0 spiro atoms. The minimum Gasteiger partial charge on any atom is -0.457 e. The fourth-order valence-corrected chi connectivity index (χ4v) is 2.86. The van der Waals surface area contributed by atoms with E-state index >= 15 is 0 Å². The lowest BCUT2D eigenvalue weighted by molar-refractivity contribution is 0.103. The van der Waals surface area contributed by atoms with Gasteiger partial charge in [-0.25, -0.2) is 0 Å². The van der Waals surface area contributed by atoms with E-state index in [1.165, 1.54) is 0 Å². The van der Waals surface area contributed by atoms with Gasteiger partial charge in [0.05, 0.1) is 0 Å². The minimum atomic E-state index is 0.0421. The van der Waals surface area contributed by atoms with Gasteiger partial charge in [0.25, 0.3) is 0 Å². The number of para-hydroxylation sites is 1. The van der Waals surface area contributed by atoms with Gasteiger partial charge >= 0.3 is 0 Å². The quantitative estimate of drug-likeness (QED) is 0.503. The predicted molar refractivity (Wildman–Crippen MR) is 85.6 cm³/mol. The summed E-state index contributed by atoms with van der Waals surface area (Å²) in [6.45, 7) is 0. The van der Waals surface area contributed by atoms with Crippen LogP contribution in [0, 0.1) is 0 Å². The van der Waals surface area contributed by atoms with Gasteiger partial charge in [0.2, 0.25) is 0 Å². The van der Waals surface area contributed by atoms with Crippen LogP contribution in [0.1, 0.15) is 27.0 Å². The number of carbonyl (C=O) groups is 1. The molecule has 0 aromatic heterocycles. The number of hydrogen-bond donors (Lipinski definition) is 0. The summed E-state index contributed by atoms with van der Waals surface area (Å²) in [5.74, 6) is 1.69. The van der Waals surface area contributed by atoms with E-state index in [2.05, 4.69) is 0 Å². The van der Waals surface area contributed by atoms with Crippen molar-refractivity contribution in [2.75, 3.05) is 0 Å². The second kappa shape index (κ2) is 5.15. The van der Waals surface area contributed by atoms with E-state index in [0.29, 0.717) is 5.56 Å². The summed E-state index contributed by atoms with van der Waals surface area (Å²) < 4.78 is 5.95. The number of carbonyl (C=O) groups excluding carboxylic acids is 1. The summed E-state index contributed by atoms with van der Waals surface area (Å²) in [7, 11) is 0. The van der Waals surface area contributed by atoms with E-state index in [0.717, 1.165) is 34.6 Å². The van der Waals surface area contributed by atoms with Gasteiger partial charge in [-0.15, -0.1) is 0 Å². The lowest BCUT2D eigenvalue weighted by atomic mass is 9.92. The first-order valence-electron chi connectivity index (χ1n) is 7.30. The van der Waals surface area contributed by atoms with Crippen LogP contribution in [0.4, 0.5) is 0 Å². The van der Waals surface area contributed by atoms with Crippen LogP contribution in [0.15, 0.2) is 72.8 Å². The Labute approximate surface area is 129 Å². The van der Waals surface area contributed by atoms with E-state index in [-0.39, 0.29) is 5.78 Å². The van der Waals surface area contributed by atoms with Crippen molar-refractivity contribution in [3.63, 3.8) is 0 Å². The normalized spacial score (nSPS) is 12.0. The number of rotatable bonds is 2. The molecule has 4 rings (SSSR count). The molecular weight excluding hydrogens is 272 g/mol. The van der Waals surface area contributed by atoms with Crippen LogP contribution in [-0.4, -0.2) is 5.78 Å². The van der Waals surface area contributed by atoms with E-state index in [1.807, 2.05) is 72.8 Å². The van der Waals surface area contributed by atoms with Gasteiger partial charge in [0, 0.05) is 23.1 Å². The van der Waals surface area contributed by atoms with Gasteiger partial charge in [-0.1, -0.05) is 60.7 Å². The third-order valence-corrected chi connectivity index (χ3v) is 3.97. The van der Waals surface area contributed by atoms with Crippen LogP contribution in [0.5, 0.6) is 11.5 Å². The molecule has 22 heavy (non-hydrogen) atoms. The molecule has 1 heterocycles. The summed E-state index contributed by atoms with van der Waals surface area (Å²) in [5, 5.41) is 0. The van der Waals surface area contributed by atoms with Crippen LogP contribution in [-0.2, 0) is 6.42 Å². The molecule has 1 aliphatic rings. The molecule has 0 saturated heterocycles. The summed E-state index contributed by atoms with van der Waals surface area (Å²) in [6.07, 6.45) is 0.722.